The van der Waals surface area contributed by atoms with Crippen molar-refractivity contribution in [2.75, 3.05) is 25.5 Å². The lowest BCUT2D eigenvalue weighted by atomic mass is 10.2. The minimum atomic E-state index is -0.0256. The van der Waals surface area contributed by atoms with Crippen LogP contribution < -0.4 is 4.90 Å². The number of hydrogen-bond acceptors (Lipinski definition) is 3. The predicted octanol–water partition coefficient (Wildman–Crippen LogP) is 3.72. The van der Waals surface area contributed by atoms with Gasteiger partial charge in [0.15, 0.2) is 0 Å². The predicted molar refractivity (Wildman–Crippen MR) is 90.6 cm³/mol. The standard InChI is InChI=1S/C18H23N3O/c1-4-5-13-20(2)18(22)17-12-11-16(14-19-17)21(3)15-9-7-6-8-10-15/h6-12,14H,4-5,13H2,1-3H3. The summed E-state index contributed by atoms with van der Waals surface area (Å²) in [6, 6.07) is 13.8. The molecule has 4 nitrogen and oxygen atoms in total. The van der Waals surface area contributed by atoms with E-state index in [1.165, 1.54) is 0 Å². The van der Waals surface area contributed by atoms with E-state index >= 15 is 0 Å². The number of carbonyl (C=O) groups excluding carboxylic acids is 1. The zero-order chi connectivity index (χ0) is 15.9. The van der Waals surface area contributed by atoms with Gasteiger partial charge < -0.3 is 9.80 Å². The molecule has 0 radical (unpaired) electrons. The van der Waals surface area contributed by atoms with E-state index in [1.54, 1.807) is 17.2 Å². The average Bonchev–Trinajstić information content (AvgIpc) is 2.59. The zero-order valence-corrected chi connectivity index (χ0v) is 13.5. The number of benzene rings is 1. The smallest absolute Gasteiger partial charge is 0.272 e. The third-order valence-corrected chi connectivity index (χ3v) is 3.69. The Morgan fingerprint density at radius 3 is 2.36 bits per heavy atom. The van der Waals surface area contributed by atoms with Crippen molar-refractivity contribution in [3.05, 3.63) is 54.4 Å². The number of nitrogens with zero attached hydrogens (tertiary/aromatic N) is 3. The molecule has 1 amide bonds. The molecule has 0 bridgehead atoms. The van der Waals surface area contributed by atoms with Gasteiger partial charge in [0.1, 0.15) is 5.69 Å². The van der Waals surface area contributed by atoms with E-state index in [-0.39, 0.29) is 5.91 Å². The van der Waals surface area contributed by atoms with Crippen LogP contribution >= 0.6 is 0 Å². The van der Waals surface area contributed by atoms with E-state index in [2.05, 4.69) is 11.9 Å². The van der Waals surface area contributed by atoms with Crippen LogP contribution in [0, 0.1) is 0 Å². The van der Waals surface area contributed by atoms with Crippen molar-refractivity contribution < 1.29 is 4.79 Å². The molecule has 0 spiro atoms. The molecule has 0 N–H and O–H groups in total. The van der Waals surface area contributed by atoms with Crippen LogP contribution in [0.2, 0.25) is 0 Å². The maximum absolute atomic E-state index is 12.3. The molecular formula is C18H23N3O. The fourth-order valence-electron chi connectivity index (χ4n) is 2.20. The Kier molecular flexibility index (Phi) is 5.53. The lowest BCUT2D eigenvalue weighted by Gasteiger charge is -2.20. The van der Waals surface area contributed by atoms with E-state index < -0.39 is 0 Å². The van der Waals surface area contributed by atoms with Crippen LogP contribution in [0.1, 0.15) is 30.3 Å². The summed E-state index contributed by atoms with van der Waals surface area (Å²) in [7, 11) is 3.81. The van der Waals surface area contributed by atoms with E-state index in [4.69, 9.17) is 0 Å². The second-order valence-corrected chi connectivity index (χ2v) is 5.38. The first-order valence-electron chi connectivity index (χ1n) is 7.63. The molecule has 0 aliphatic heterocycles. The first-order chi connectivity index (χ1) is 10.6. The third-order valence-electron chi connectivity index (χ3n) is 3.69. The highest BCUT2D eigenvalue weighted by Crippen LogP contribution is 2.22. The van der Waals surface area contributed by atoms with Gasteiger partial charge in [-0.2, -0.15) is 0 Å². The van der Waals surface area contributed by atoms with Gasteiger partial charge in [-0.05, 0) is 30.7 Å². The van der Waals surface area contributed by atoms with Crippen molar-refractivity contribution in [2.24, 2.45) is 0 Å². The Balaban J connectivity index is 2.08. The van der Waals surface area contributed by atoms with Gasteiger partial charge in [-0.3, -0.25) is 4.79 Å². The Bertz CT molecular complexity index is 595. The molecule has 0 aliphatic rings. The van der Waals surface area contributed by atoms with Crippen molar-refractivity contribution in [3.8, 4) is 0 Å². The van der Waals surface area contributed by atoms with Crippen LogP contribution in [0.5, 0.6) is 0 Å². The highest BCUT2D eigenvalue weighted by atomic mass is 16.2. The Morgan fingerprint density at radius 1 is 1.05 bits per heavy atom. The molecule has 1 aromatic carbocycles. The lowest BCUT2D eigenvalue weighted by Crippen LogP contribution is -2.28. The molecule has 0 fully saturated rings. The monoisotopic (exact) mass is 297 g/mol. The fraction of sp³-hybridized carbons (Fsp3) is 0.333. The maximum atomic E-state index is 12.3. The molecule has 22 heavy (non-hydrogen) atoms. The van der Waals surface area contributed by atoms with E-state index in [0.717, 1.165) is 30.8 Å². The number of unbranched alkanes of at least 4 members (excludes halogenated alkanes) is 1. The zero-order valence-electron chi connectivity index (χ0n) is 13.5. The Hall–Kier alpha value is -2.36. The van der Waals surface area contributed by atoms with Crippen molar-refractivity contribution in [1.82, 2.24) is 9.88 Å². The number of carbonyl (C=O) groups is 1. The first-order valence-corrected chi connectivity index (χ1v) is 7.63. The van der Waals surface area contributed by atoms with Crippen LogP contribution in [-0.2, 0) is 0 Å². The molecule has 0 saturated carbocycles. The van der Waals surface area contributed by atoms with Crippen LogP contribution in [0.4, 0.5) is 11.4 Å². The van der Waals surface area contributed by atoms with Gasteiger partial charge in [0.25, 0.3) is 5.91 Å². The van der Waals surface area contributed by atoms with Crippen LogP contribution in [0.3, 0.4) is 0 Å². The highest BCUT2D eigenvalue weighted by Gasteiger charge is 2.13. The topological polar surface area (TPSA) is 36.4 Å². The van der Waals surface area contributed by atoms with Crippen molar-refractivity contribution in [2.45, 2.75) is 19.8 Å². The lowest BCUT2D eigenvalue weighted by molar-refractivity contribution is 0.0787. The molecule has 0 aliphatic carbocycles. The van der Waals surface area contributed by atoms with Crippen LogP contribution in [-0.4, -0.2) is 36.4 Å². The minimum absolute atomic E-state index is 0.0256. The molecule has 0 unspecified atom stereocenters. The summed E-state index contributed by atoms with van der Waals surface area (Å²) in [6.45, 7) is 2.88. The average molecular weight is 297 g/mol. The van der Waals surface area contributed by atoms with Gasteiger partial charge in [0, 0.05) is 26.3 Å². The molecule has 2 aromatic rings. The molecule has 2 rings (SSSR count). The normalized spacial score (nSPS) is 10.3. The molecule has 116 valence electrons. The molecule has 4 heteroatoms. The summed E-state index contributed by atoms with van der Waals surface area (Å²) in [5.74, 6) is -0.0256. The Labute approximate surface area is 132 Å². The third kappa shape index (κ3) is 3.85. The van der Waals surface area contributed by atoms with E-state index in [0.29, 0.717) is 5.69 Å². The number of amides is 1. The van der Waals surface area contributed by atoms with Gasteiger partial charge in [0.2, 0.25) is 0 Å². The van der Waals surface area contributed by atoms with Gasteiger partial charge in [-0.25, -0.2) is 4.98 Å². The molecule has 0 saturated heterocycles. The number of pyridine rings is 1. The summed E-state index contributed by atoms with van der Waals surface area (Å²) < 4.78 is 0. The van der Waals surface area contributed by atoms with E-state index in [9.17, 15) is 4.79 Å². The first kappa shape index (κ1) is 16.0. The number of rotatable bonds is 6. The van der Waals surface area contributed by atoms with Gasteiger partial charge >= 0.3 is 0 Å². The molecular weight excluding hydrogens is 274 g/mol. The summed E-state index contributed by atoms with van der Waals surface area (Å²) >= 11 is 0. The van der Waals surface area contributed by atoms with E-state index in [1.807, 2.05) is 55.4 Å². The number of aromatic nitrogens is 1. The number of anilines is 2. The van der Waals surface area contributed by atoms with Gasteiger partial charge in [-0.15, -0.1) is 0 Å². The number of hydrogen-bond donors (Lipinski definition) is 0. The van der Waals surface area contributed by atoms with Crippen molar-refractivity contribution >= 4 is 17.3 Å². The van der Waals surface area contributed by atoms with Gasteiger partial charge in [0.05, 0.1) is 11.9 Å². The van der Waals surface area contributed by atoms with Crippen LogP contribution in [0.15, 0.2) is 48.7 Å². The summed E-state index contributed by atoms with van der Waals surface area (Å²) in [5.41, 5.74) is 2.53. The SMILES string of the molecule is CCCCN(C)C(=O)c1ccc(N(C)c2ccccc2)cn1. The van der Waals surface area contributed by atoms with Crippen molar-refractivity contribution in [3.63, 3.8) is 0 Å². The summed E-state index contributed by atoms with van der Waals surface area (Å²) in [6.07, 6.45) is 3.83. The molecule has 1 aromatic heterocycles. The van der Waals surface area contributed by atoms with Gasteiger partial charge in [-0.1, -0.05) is 31.5 Å². The Morgan fingerprint density at radius 2 is 1.77 bits per heavy atom. The summed E-state index contributed by atoms with van der Waals surface area (Å²) in [5, 5.41) is 0. The maximum Gasteiger partial charge on any atom is 0.272 e. The quantitative estimate of drug-likeness (QED) is 0.815. The molecule has 0 atom stereocenters. The second kappa shape index (κ2) is 7.59. The summed E-state index contributed by atoms with van der Waals surface area (Å²) in [4.78, 5) is 20.3. The van der Waals surface area contributed by atoms with Crippen molar-refractivity contribution in [1.29, 1.82) is 0 Å². The highest BCUT2D eigenvalue weighted by molar-refractivity contribution is 5.92. The van der Waals surface area contributed by atoms with Crippen LogP contribution in [0.25, 0.3) is 0 Å². The fourth-order valence-corrected chi connectivity index (χ4v) is 2.20. The number of para-hydroxylation sites is 1. The largest absolute Gasteiger partial charge is 0.343 e. The minimum Gasteiger partial charge on any atom is -0.343 e. The molecule has 1 heterocycles. The second-order valence-electron chi connectivity index (χ2n) is 5.38.